The summed E-state index contributed by atoms with van der Waals surface area (Å²) in [6.07, 6.45) is 4.10. The lowest BCUT2D eigenvalue weighted by atomic mass is 10.1. The molecule has 1 N–H and O–H groups in total. The number of rotatable bonds is 3. The molecule has 1 aromatic heterocycles. The molecule has 2 nitrogen and oxygen atoms in total. The fourth-order valence-corrected chi connectivity index (χ4v) is 1.62. The molecule has 90 valence electrons. The number of benzene rings is 1. The maximum atomic E-state index is 5.69. The van der Waals surface area contributed by atoms with Crippen LogP contribution in [0.5, 0.6) is 0 Å². The van der Waals surface area contributed by atoms with Gasteiger partial charge in [0.15, 0.2) is 0 Å². The van der Waals surface area contributed by atoms with E-state index in [1.165, 1.54) is 0 Å². The molecule has 0 aliphatic heterocycles. The minimum atomic E-state index is 0.151. The van der Waals surface area contributed by atoms with Crippen LogP contribution in [-0.4, -0.2) is 12.1 Å². The summed E-state index contributed by atoms with van der Waals surface area (Å²) < 4.78 is 5.69. The van der Waals surface area contributed by atoms with E-state index in [1.807, 2.05) is 24.3 Å². The summed E-state index contributed by atoms with van der Waals surface area (Å²) in [5.41, 5.74) is 1.09. The van der Waals surface area contributed by atoms with E-state index >= 15 is 0 Å². The van der Waals surface area contributed by atoms with E-state index in [0.717, 1.165) is 23.3 Å². The van der Waals surface area contributed by atoms with Gasteiger partial charge in [-0.25, -0.2) is 0 Å². The van der Waals surface area contributed by atoms with Crippen molar-refractivity contribution >= 4 is 17.0 Å². The van der Waals surface area contributed by atoms with Gasteiger partial charge in [-0.15, -0.1) is 0 Å². The molecule has 0 saturated carbocycles. The number of hydrogen-bond acceptors (Lipinski definition) is 2. The first kappa shape index (κ1) is 11.9. The van der Waals surface area contributed by atoms with Gasteiger partial charge >= 0.3 is 0 Å². The summed E-state index contributed by atoms with van der Waals surface area (Å²) in [5.74, 6) is 0.905. The highest BCUT2D eigenvalue weighted by Crippen LogP contribution is 2.19. The Morgan fingerprint density at radius 2 is 2.00 bits per heavy atom. The monoisotopic (exact) mass is 229 g/mol. The predicted molar refractivity (Wildman–Crippen MR) is 73.0 cm³/mol. The van der Waals surface area contributed by atoms with Crippen LogP contribution in [0.3, 0.4) is 0 Å². The molecule has 0 saturated heterocycles. The number of hydrogen-bond donors (Lipinski definition) is 1. The fourth-order valence-electron chi connectivity index (χ4n) is 1.62. The Morgan fingerprint density at radius 3 is 2.71 bits per heavy atom. The highest BCUT2D eigenvalue weighted by molar-refractivity contribution is 5.79. The highest BCUT2D eigenvalue weighted by atomic mass is 16.3. The van der Waals surface area contributed by atoms with Gasteiger partial charge in [0.05, 0.1) is 0 Å². The second-order valence-electron chi connectivity index (χ2n) is 5.22. The van der Waals surface area contributed by atoms with Gasteiger partial charge in [0.1, 0.15) is 11.3 Å². The average molecular weight is 229 g/mol. The van der Waals surface area contributed by atoms with E-state index < -0.39 is 0 Å². The first-order chi connectivity index (χ1) is 8.04. The van der Waals surface area contributed by atoms with Crippen LogP contribution in [0.1, 0.15) is 26.5 Å². The zero-order chi connectivity index (χ0) is 12.3. The van der Waals surface area contributed by atoms with Gasteiger partial charge in [-0.2, -0.15) is 0 Å². The highest BCUT2D eigenvalue weighted by Gasteiger charge is 2.06. The first-order valence-electron chi connectivity index (χ1n) is 5.95. The maximum Gasteiger partial charge on any atom is 0.134 e. The Bertz CT molecular complexity index is 484. The fraction of sp³-hybridized carbons (Fsp3) is 0.333. The standard InChI is InChI=1S/C15H19NO/c1-15(2,3)16-10-6-8-13-11-12-7-4-5-9-14(12)17-13/h4-9,11,16H,10H2,1-3H3. The second-order valence-corrected chi connectivity index (χ2v) is 5.22. The molecule has 0 amide bonds. The third kappa shape index (κ3) is 3.46. The number of furan rings is 1. The van der Waals surface area contributed by atoms with Gasteiger partial charge in [-0.3, -0.25) is 0 Å². The molecule has 2 aromatic rings. The van der Waals surface area contributed by atoms with Crippen molar-refractivity contribution in [3.63, 3.8) is 0 Å². The average Bonchev–Trinajstić information content (AvgIpc) is 2.65. The summed E-state index contributed by atoms with van der Waals surface area (Å²) in [7, 11) is 0. The topological polar surface area (TPSA) is 25.2 Å². The lowest BCUT2D eigenvalue weighted by Crippen LogP contribution is -2.35. The van der Waals surface area contributed by atoms with Crippen molar-refractivity contribution in [1.29, 1.82) is 0 Å². The van der Waals surface area contributed by atoms with Crippen molar-refractivity contribution in [2.45, 2.75) is 26.3 Å². The summed E-state index contributed by atoms with van der Waals surface area (Å²) in [5, 5.41) is 4.55. The van der Waals surface area contributed by atoms with Gasteiger partial charge < -0.3 is 9.73 Å². The van der Waals surface area contributed by atoms with E-state index in [0.29, 0.717) is 0 Å². The largest absolute Gasteiger partial charge is 0.457 e. The molecule has 2 heteroatoms. The molecule has 0 aliphatic rings. The van der Waals surface area contributed by atoms with Gasteiger partial charge in [0, 0.05) is 17.5 Å². The molecule has 17 heavy (non-hydrogen) atoms. The maximum absolute atomic E-state index is 5.69. The molecular weight excluding hydrogens is 210 g/mol. The Kier molecular flexibility index (Phi) is 3.34. The molecule has 1 aromatic carbocycles. The molecule has 0 unspecified atom stereocenters. The molecule has 0 atom stereocenters. The molecule has 1 heterocycles. The zero-order valence-corrected chi connectivity index (χ0v) is 10.7. The molecule has 0 aliphatic carbocycles. The quantitative estimate of drug-likeness (QED) is 0.865. The van der Waals surface area contributed by atoms with Crippen molar-refractivity contribution < 1.29 is 4.42 Å². The Balaban J connectivity index is 2.01. The molecule has 0 radical (unpaired) electrons. The third-order valence-corrected chi connectivity index (χ3v) is 2.48. The van der Waals surface area contributed by atoms with E-state index in [9.17, 15) is 0 Å². The smallest absolute Gasteiger partial charge is 0.134 e. The van der Waals surface area contributed by atoms with Crippen molar-refractivity contribution in [3.05, 3.63) is 42.2 Å². The van der Waals surface area contributed by atoms with Crippen LogP contribution in [0.25, 0.3) is 17.0 Å². The number of nitrogens with one attached hydrogen (secondary N) is 1. The molecule has 0 fully saturated rings. The van der Waals surface area contributed by atoms with Gasteiger partial charge in [0.2, 0.25) is 0 Å². The lowest BCUT2D eigenvalue weighted by molar-refractivity contribution is 0.449. The summed E-state index contributed by atoms with van der Waals surface area (Å²) in [4.78, 5) is 0. The first-order valence-corrected chi connectivity index (χ1v) is 5.95. The van der Waals surface area contributed by atoms with Crippen LogP contribution in [0.15, 0.2) is 40.8 Å². The summed E-state index contributed by atoms with van der Waals surface area (Å²) >= 11 is 0. The summed E-state index contributed by atoms with van der Waals surface area (Å²) in [6.45, 7) is 7.31. The Labute approximate surface area is 102 Å². The second kappa shape index (κ2) is 4.76. The minimum Gasteiger partial charge on any atom is -0.457 e. The predicted octanol–water partition coefficient (Wildman–Crippen LogP) is 3.83. The normalized spacial score (nSPS) is 12.6. The van der Waals surface area contributed by atoms with Crippen molar-refractivity contribution in [2.75, 3.05) is 6.54 Å². The van der Waals surface area contributed by atoms with Crippen LogP contribution >= 0.6 is 0 Å². The van der Waals surface area contributed by atoms with E-state index in [4.69, 9.17) is 4.42 Å². The minimum absolute atomic E-state index is 0.151. The van der Waals surface area contributed by atoms with Gasteiger partial charge in [-0.05, 0) is 39.0 Å². The van der Waals surface area contributed by atoms with Crippen LogP contribution in [0, 0.1) is 0 Å². The van der Waals surface area contributed by atoms with Crippen LogP contribution in [0.2, 0.25) is 0 Å². The zero-order valence-electron chi connectivity index (χ0n) is 10.7. The van der Waals surface area contributed by atoms with Crippen LogP contribution in [-0.2, 0) is 0 Å². The van der Waals surface area contributed by atoms with E-state index in [1.54, 1.807) is 0 Å². The van der Waals surface area contributed by atoms with Crippen LogP contribution in [0.4, 0.5) is 0 Å². The molecule has 0 bridgehead atoms. The molecule has 0 spiro atoms. The lowest BCUT2D eigenvalue weighted by Gasteiger charge is -2.18. The third-order valence-electron chi connectivity index (χ3n) is 2.48. The molecular formula is C15H19NO. The van der Waals surface area contributed by atoms with Crippen molar-refractivity contribution in [3.8, 4) is 0 Å². The molecule has 2 rings (SSSR count). The van der Waals surface area contributed by atoms with E-state index in [-0.39, 0.29) is 5.54 Å². The number of para-hydroxylation sites is 1. The summed E-state index contributed by atoms with van der Waals surface area (Å²) in [6, 6.07) is 10.1. The SMILES string of the molecule is CC(C)(C)NCC=Cc1cc2ccccc2o1. The Hall–Kier alpha value is -1.54. The van der Waals surface area contributed by atoms with E-state index in [2.05, 4.69) is 44.3 Å². The van der Waals surface area contributed by atoms with Crippen LogP contribution < -0.4 is 5.32 Å². The van der Waals surface area contributed by atoms with Gasteiger partial charge in [0.25, 0.3) is 0 Å². The number of fused-ring (bicyclic) bond motifs is 1. The van der Waals surface area contributed by atoms with Crippen molar-refractivity contribution in [1.82, 2.24) is 5.32 Å². The van der Waals surface area contributed by atoms with Gasteiger partial charge in [-0.1, -0.05) is 24.3 Å². The van der Waals surface area contributed by atoms with Crippen molar-refractivity contribution in [2.24, 2.45) is 0 Å². The Morgan fingerprint density at radius 1 is 1.24 bits per heavy atom.